The van der Waals surface area contributed by atoms with Gasteiger partial charge in [-0.05, 0) is 38.3 Å². The van der Waals surface area contributed by atoms with E-state index in [1.165, 1.54) is 19.1 Å². The second-order valence-electron chi connectivity index (χ2n) is 4.73. The molecule has 3 nitrogen and oxygen atoms in total. The quantitative estimate of drug-likeness (QED) is 0.824. The molecule has 92 valence electrons. The van der Waals surface area contributed by atoms with Crippen molar-refractivity contribution in [3.05, 3.63) is 35.6 Å². The van der Waals surface area contributed by atoms with Crippen LogP contribution in [0.1, 0.15) is 25.3 Å². The number of carboxylic acids is 1. The SMILES string of the molecule is CC(NCC1CC1)(C(=O)O)c1ccccc1F. The number of carbonyl (C=O) groups is 1. The second-order valence-corrected chi connectivity index (χ2v) is 4.73. The van der Waals surface area contributed by atoms with E-state index < -0.39 is 17.3 Å². The minimum Gasteiger partial charge on any atom is -0.480 e. The summed E-state index contributed by atoms with van der Waals surface area (Å²) in [4.78, 5) is 11.4. The van der Waals surface area contributed by atoms with Crippen LogP contribution in [0.15, 0.2) is 24.3 Å². The van der Waals surface area contributed by atoms with Crippen LogP contribution in [0.5, 0.6) is 0 Å². The summed E-state index contributed by atoms with van der Waals surface area (Å²) in [6.45, 7) is 2.13. The Bertz CT molecular complexity index is 431. The Kier molecular flexibility index (Phi) is 3.15. The fourth-order valence-electron chi connectivity index (χ4n) is 1.82. The van der Waals surface area contributed by atoms with Crippen LogP contribution in [0.2, 0.25) is 0 Å². The summed E-state index contributed by atoms with van der Waals surface area (Å²) in [7, 11) is 0. The highest BCUT2D eigenvalue weighted by Gasteiger charge is 2.38. The molecule has 0 bridgehead atoms. The van der Waals surface area contributed by atoms with Gasteiger partial charge in [-0.15, -0.1) is 0 Å². The molecule has 1 aliphatic carbocycles. The molecule has 1 aromatic carbocycles. The summed E-state index contributed by atoms with van der Waals surface area (Å²) in [5, 5.41) is 12.3. The van der Waals surface area contributed by atoms with E-state index in [9.17, 15) is 14.3 Å². The van der Waals surface area contributed by atoms with E-state index in [1.54, 1.807) is 12.1 Å². The molecule has 1 fully saturated rings. The van der Waals surface area contributed by atoms with Crippen LogP contribution in [0.4, 0.5) is 4.39 Å². The maximum absolute atomic E-state index is 13.7. The van der Waals surface area contributed by atoms with Crippen molar-refractivity contribution in [3.8, 4) is 0 Å². The summed E-state index contributed by atoms with van der Waals surface area (Å²) in [6, 6.07) is 6.01. The summed E-state index contributed by atoms with van der Waals surface area (Å²) >= 11 is 0. The number of benzene rings is 1. The van der Waals surface area contributed by atoms with Gasteiger partial charge in [0.05, 0.1) is 0 Å². The first-order valence-electron chi connectivity index (χ1n) is 5.77. The molecule has 2 rings (SSSR count). The first-order chi connectivity index (χ1) is 8.04. The van der Waals surface area contributed by atoms with Gasteiger partial charge in [-0.2, -0.15) is 0 Å². The Labute approximate surface area is 99.7 Å². The minimum absolute atomic E-state index is 0.188. The van der Waals surface area contributed by atoms with E-state index in [1.807, 2.05) is 0 Å². The van der Waals surface area contributed by atoms with Gasteiger partial charge in [-0.3, -0.25) is 5.32 Å². The van der Waals surface area contributed by atoms with Crippen molar-refractivity contribution in [1.82, 2.24) is 5.32 Å². The Morgan fingerprint density at radius 1 is 1.53 bits per heavy atom. The maximum atomic E-state index is 13.7. The van der Waals surface area contributed by atoms with E-state index in [4.69, 9.17) is 0 Å². The first-order valence-corrected chi connectivity index (χ1v) is 5.77. The lowest BCUT2D eigenvalue weighted by Gasteiger charge is -2.27. The van der Waals surface area contributed by atoms with E-state index in [0.717, 1.165) is 12.8 Å². The molecule has 17 heavy (non-hydrogen) atoms. The topological polar surface area (TPSA) is 49.3 Å². The van der Waals surface area contributed by atoms with Crippen molar-refractivity contribution >= 4 is 5.97 Å². The summed E-state index contributed by atoms with van der Waals surface area (Å²) in [5.74, 6) is -0.996. The van der Waals surface area contributed by atoms with Crippen LogP contribution in [-0.2, 0) is 10.3 Å². The summed E-state index contributed by atoms with van der Waals surface area (Å²) < 4.78 is 13.7. The minimum atomic E-state index is -1.35. The van der Waals surface area contributed by atoms with Gasteiger partial charge in [0.2, 0.25) is 0 Å². The number of nitrogens with one attached hydrogen (secondary N) is 1. The zero-order valence-corrected chi connectivity index (χ0v) is 9.74. The third-order valence-electron chi connectivity index (χ3n) is 3.28. The molecule has 1 saturated carbocycles. The normalized spacial score (nSPS) is 18.7. The molecule has 4 heteroatoms. The average Bonchev–Trinajstić information content (AvgIpc) is 3.10. The van der Waals surface area contributed by atoms with E-state index >= 15 is 0 Å². The van der Waals surface area contributed by atoms with Gasteiger partial charge in [0.1, 0.15) is 11.4 Å². The number of hydrogen-bond donors (Lipinski definition) is 2. The van der Waals surface area contributed by atoms with E-state index in [2.05, 4.69) is 5.32 Å². The van der Waals surface area contributed by atoms with Gasteiger partial charge in [-0.25, -0.2) is 9.18 Å². The zero-order chi connectivity index (χ0) is 12.5. The molecular formula is C13H16FNO2. The number of aliphatic carboxylic acids is 1. The van der Waals surface area contributed by atoms with Crippen molar-refractivity contribution in [2.45, 2.75) is 25.3 Å². The van der Waals surface area contributed by atoms with Crippen LogP contribution in [-0.4, -0.2) is 17.6 Å². The average molecular weight is 237 g/mol. The number of rotatable bonds is 5. The summed E-state index contributed by atoms with van der Waals surface area (Å²) in [6.07, 6.45) is 2.25. The molecule has 2 N–H and O–H groups in total. The molecular weight excluding hydrogens is 221 g/mol. The molecule has 0 aliphatic heterocycles. The fourth-order valence-corrected chi connectivity index (χ4v) is 1.82. The Morgan fingerprint density at radius 2 is 2.18 bits per heavy atom. The van der Waals surface area contributed by atoms with Crippen LogP contribution >= 0.6 is 0 Å². The first kappa shape index (κ1) is 12.0. The predicted octanol–water partition coefficient (Wildman–Crippen LogP) is 2.13. The number of hydrogen-bond acceptors (Lipinski definition) is 2. The Hall–Kier alpha value is -1.42. The summed E-state index contributed by atoms with van der Waals surface area (Å²) in [5.41, 5.74) is -1.17. The van der Waals surface area contributed by atoms with Gasteiger partial charge in [0.15, 0.2) is 0 Å². The van der Waals surface area contributed by atoms with Crippen molar-refractivity contribution in [3.63, 3.8) is 0 Å². The molecule has 1 aromatic rings. The molecule has 0 spiro atoms. The van der Waals surface area contributed by atoms with Crippen LogP contribution in [0, 0.1) is 11.7 Å². The van der Waals surface area contributed by atoms with Gasteiger partial charge < -0.3 is 5.11 Å². The monoisotopic (exact) mass is 237 g/mol. The van der Waals surface area contributed by atoms with E-state index in [0.29, 0.717) is 12.5 Å². The lowest BCUT2D eigenvalue weighted by Crippen LogP contribution is -2.48. The van der Waals surface area contributed by atoms with E-state index in [-0.39, 0.29) is 5.56 Å². The smallest absolute Gasteiger partial charge is 0.328 e. The molecule has 0 heterocycles. The third-order valence-corrected chi connectivity index (χ3v) is 3.28. The third kappa shape index (κ3) is 2.47. The largest absolute Gasteiger partial charge is 0.480 e. The number of carboxylic acid groups (broad SMARTS) is 1. The second kappa shape index (κ2) is 4.45. The van der Waals surface area contributed by atoms with Crippen molar-refractivity contribution in [2.24, 2.45) is 5.92 Å². The van der Waals surface area contributed by atoms with Crippen LogP contribution in [0.25, 0.3) is 0 Å². The van der Waals surface area contributed by atoms with Gasteiger partial charge in [0.25, 0.3) is 0 Å². The van der Waals surface area contributed by atoms with Gasteiger partial charge in [0, 0.05) is 5.56 Å². The number of halogens is 1. The standard InChI is InChI=1S/C13H16FNO2/c1-13(12(16)17,15-8-9-6-7-9)10-4-2-3-5-11(10)14/h2-5,9,15H,6-8H2,1H3,(H,16,17). The highest BCUT2D eigenvalue weighted by Crippen LogP contribution is 2.30. The van der Waals surface area contributed by atoms with Crippen molar-refractivity contribution in [1.29, 1.82) is 0 Å². The Morgan fingerprint density at radius 3 is 2.71 bits per heavy atom. The Balaban J connectivity index is 2.25. The molecule has 1 unspecified atom stereocenters. The van der Waals surface area contributed by atoms with Crippen molar-refractivity contribution < 1.29 is 14.3 Å². The molecule has 0 saturated heterocycles. The molecule has 0 aromatic heterocycles. The molecule has 1 aliphatic rings. The fraction of sp³-hybridized carbons (Fsp3) is 0.462. The molecule has 0 radical (unpaired) electrons. The van der Waals surface area contributed by atoms with Gasteiger partial charge >= 0.3 is 5.97 Å². The zero-order valence-electron chi connectivity index (χ0n) is 9.74. The highest BCUT2D eigenvalue weighted by atomic mass is 19.1. The lowest BCUT2D eigenvalue weighted by atomic mass is 9.91. The van der Waals surface area contributed by atoms with Gasteiger partial charge in [-0.1, -0.05) is 18.2 Å². The van der Waals surface area contributed by atoms with Crippen molar-refractivity contribution in [2.75, 3.05) is 6.54 Å². The maximum Gasteiger partial charge on any atom is 0.328 e. The highest BCUT2D eigenvalue weighted by molar-refractivity contribution is 5.80. The predicted molar refractivity (Wildman–Crippen MR) is 62.1 cm³/mol. The lowest BCUT2D eigenvalue weighted by molar-refractivity contribution is -0.144. The molecule has 0 amide bonds. The molecule has 1 atom stereocenters. The van der Waals surface area contributed by atoms with Crippen LogP contribution in [0.3, 0.4) is 0 Å². The van der Waals surface area contributed by atoms with Crippen LogP contribution < -0.4 is 5.32 Å².